The van der Waals surface area contributed by atoms with Crippen LogP contribution in [0.3, 0.4) is 0 Å². The lowest BCUT2D eigenvalue weighted by Gasteiger charge is -2.22. The van der Waals surface area contributed by atoms with Crippen LogP contribution in [0.2, 0.25) is 5.28 Å². The average molecular weight is 325 g/mol. The van der Waals surface area contributed by atoms with Crippen molar-refractivity contribution in [3.63, 3.8) is 0 Å². The molecule has 2 heterocycles. The van der Waals surface area contributed by atoms with Gasteiger partial charge in [-0.3, -0.25) is 0 Å². The first-order valence-electron chi connectivity index (χ1n) is 6.82. The highest BCUT2D eigenvalue weighted by molar-refractivity contribution is 6.28. The van der Waals surface area contributed by atoms with Crippen LogP contribution in [0.4, 0.5) is 26.1 Å². The number of aromatic nitrogens is 2. The lowest BCUT2D eigenvalue weighted by molar-refractivity contribution is 0.505. The maximum atomic E-state index is 14.2. The molecule has 0 unspecified atom stereocenters. The molecule has 0 bridgehead atoms. The summed E-state index contributed by atoms with van der Waals surface area (Å²) in [4.78, 5) is 10.1. The zero-order valence-electron chi connectivity index (χ0n) is 12.4. The van der Waals surface area contributed by atoms with Crippen molar-refractivity contribution in [3.8, 4) is 0 Å². The molecule has 2 aromatic rings. The van der Waals surface area contributed by atoms with Gasteiger partial charge in [-0.15, -0.1) is 0 Å². The molecule has 0 amide bonds. The van der Waals surface area contributed by atoms with E-state index >= 15 is 0 Å². The summed E-state index contributed by atoms with van der Waals surface area (Å²) in [5.41, 5.74) is 0.642. The van der Waals surface area contributed by atoms with Crippen molar-refractivity contribution in [1.29, 1.82) is 0 Å². The van der Waals surface area contributed by atoms with Gasteiger partial charge in [-0.2, -0.15) is 4.98 Å². The fourth-order valence-electron chi connectivity index (χ4n) is 2.87. The van der Waals surface area contributed by atoms with Crippen molar-refractivity contribution in [3.05, 3.63) is 40.7 Å². The van der Waals surface area contributed by atoms with Gasteiger partial charge in [0, 0.05) is 24.6 Å². The van der Waals surface area contributed by atoms with Crippen LogP contribution >= 0.6 is 11.6 Å². The van der Waals surface area contributed by atoms with E-state index in [9.17, 15) is 8.78 Å². The average Bonchev–Trinajstić information content (AvgIpc) is 2.72. The molecule has 7 heteroatoms. The van der Waals surface area contributed by atoms with Crippen molar-refractivity contribution in [1.82, 2.24) is 9.97 Å². The minimum Gasteiger partial charge on any atom is -0.373 e. The molecule has 1 N–H and O–H groups in total. The summed E-state index contributed by atoms with van der Waals surface area (Å²) >= 11 is 5.97. The molecule has 0 radical (unpaired) electrons. The molecule has 4 nitrogen and oxygen atoms in total. The SMILES string of the molecule is CNc1nc(Cl)nc2c1C(C)(C)CN2c1cccc(F)c1F. The minimum absolute atomic E-state index is 0.0580. The Morgan fingerprint density at radius 3 is 2.68 bits per heavy atom. The molecule has 0 atom stereocenters. The van der Waals surface area contributed by atoms with Gasteiger partial charge in [-0.1, -0.05) is 19.9 Å². The highest BCUT2D eigenvalue weighted by Crippen LogP contribution is 2.47. The molecule has 1 aromatic carbocycles. The molecule has 0 aliphatic carbocycles. The van der Waals surface area contributed by atoms with Crippen molar-refractivity contribution >= 4 is 28.9 Å². The van der Waals surface area contributed by atoms with Crippen molar-refractivity contribution in [2.24, 2.45) is 0 Å². The summed E-state index contributed by atoms with van der Waals surface area (Å²) in [7, 11) is 1.74. The topological polar surface area (TPSA) is 41.1 Å². The Morgan fingerprint density at radius 1 is 1.27 bits per heavy atom. The number of nitrogens with zero attached hydrogens (tertiary/aromatic N) is 3. The minimum atomic E-state index is -0.896. The first-order chi connectivity index (χ1) is 10.3. The zero-order chi connectivity index (χ0) is 16.1. The molecule has 0 saturated heterocycles. The Labute approximate surface area is 132 Å². The zero-order valence-corrected chi connectivity index (χ0v) is 13.2. The van der Waals surface area contributed by atoms with Crippen LogP contribution < -0.4 is 10.2 Å². The number of benzene rings is 1. The van der Waals surface area contributed by atoms with E-state index < -0.39 is 11.6 Å². The van der Waals surface area contributed by atoms with Gasteiger partial charge in [0.15, 0.2) is 11.6 Å². The van der Waals surface area contributed by atoms with Gasteiger partial charge in [-0.25, -0.2) is 13.8 Å². The molecular formula is C15H15ClF2N4. The van der Waals surface area contributed by atoms with E-state index in [0.29, 0.717) is 18.2 Å². The predicted octanol–water partition coefficient (Wildman–Crippen LogP) is 3.88. The maximum Gasteiger partial charge on any atom is 0.226 e. The van der Waals surface area contributed by atoms with E-state index in [1.54, 1.807) is 11.9 Å². The fraction of sp³-hybridized carbons (Fsp3) is 0.333. The Balaban J connectivity index is 2.24. The van der Waals surface area contributed by atoms with Crippen molar-refractivity contribution in [2.45, 2.75) is 19.3 Å². The monoisotopic (exact) mass is 324 g/mol. The number of hydrogen-bond acceptors (Lipinski definition) is 4. The lowest BCUT2D eigenvalue weighted by atomic mass is 9.88. The summed E-state index contributed by atoms with van der Waals surface area (Å²) in [6, 6.07) is 4.09. The van der Waals surface area contributed by atoms with E-state index in [-0.39, 0.29) is 16.4 Å². The molecule has 1 aliphatic rings. The van der Waals surface area contributed by atoms with Crippen molar-refractivity contribution in [2.75, 3.05) is 23.8 Å². The predicted molar refractivity (Wildman–Crippen MR) is 83.0 cm³/mol. The second-order valence-electron chi connectivity index (χ2n) is 5.83. The third kappa shape index (κ3) is 2.18. The van der Waals surface area contributed by atoms with Crippen LogP contribution in [0, 0.1) is 11.6 Å². The van der Waals surface area contributed by atoms with Crippen LogP contribution in [0.25, 0.3) is 0 Å². The van der Waals surface area contributed by atoms with Crippen LogP contribution in [0.1, 0.15) is 19.4 Å². The highest BCUT2D eigenvalue weighted by Gasteiger charge is 2.41. The molecule has 0 fully saturated rings. The maximum absolute atomic E-state index is 14.2. The van der Waals surface area contributed by atoms with Gasteiger partial charge in [0.2, 0.25) is 5.28 Å². The van der Waals surface area contributed by atoms with E-state index in [2.05, 4.69) is 15.3 Å². The molecule has 116 valence electrons. The Kier molecular flexibility index (Phi) is 3.44. The first kappa shape index (κ1) is 15.0. The third-order valence-electron chi connectivity index (χ3n) is 3.81. The summed E-state index contributed by atoms with van der Waals surface area (Å²) in [5, 5.41) is 3.05. The molecule has 1 aromatic heterocycles. The second kappa shape index (κ2) is 5.05. The molecule has 22 heavy (non-hydrogen) atoms. The molecule has 0 saturated carbocycles. The summed E-state index contributed by atoms with van der Waals surface area (Å²) in [6.45, 7) is 4.45. The van der Waals surface area contributed by atoms with Crippen LogP contribution in [-0.4, -0.2) is 23.6 Å². The van der Waals surface area contributed by atoms with E-state index in [0.717, 1.165) is 11.6 Å². The van der Waals surface area contributed by atoms with Gasteiger partial charge < -0.3 is 10.2 Å². The standard InChI is InChI=1S/C15H15ClF2N4/c1-15(2)7-22(9-6-4-5-8(17)11(9)18)13-10(15)12(19-3)20-14(16)21-13/h4-6H,7H2,1-3H3,(H,19,20,21). The molecule has 0 spiro atoms. The van der Waals surface area contributed by atoms with Crippen LogP contribution in [-0.2, 0) is 5.41 Å². The van der Waals surface area contributed by atoms with E-state index in [4.69, 9.17) is 11.6 Å². The number of rotatable bonds is 2. The number of hydrogen-bond donors (Lipinski definition) is 1. The second-order valence-corrected chi connectivity index (χ2v) is 6.17. The lowest BCUT2D eigenvalue weighted by Crippen LogP contribution is -2.26. The number of halogens is 3. The van der Waals surface area contributed by atoms with Gasteiger partial charge in [-0.05, 0) is 23.7 Å². The number of nitrogens with one attached hydrogen (secondary N) is 1. The summed E-state index contributed by atoms with van der Waals surface area (Å²) in [5.74, 6) is -0.692. The quantitative estimate of drug-likeness (QED) is 0.851. The van der Waals surface area contributed by atoms with Gasteiger partial charge in [0.05, 0.1) is 5.69 Å². The highest BCUT2D eigenvalue weighted by atomic mass is 35.5. The smallest absolute Gasteiger partial charge is 0.226 e. The Morgan fingerprint density at radius 2 is 2.00 bits per heavy atom. The molecule has 1 aliphatic heterocycles. The fourth-order valence-corrected chi connectivity index (χ4v) is 3.04. The molecule has 3 rings (SSSR count). The van der Waals surface area contributed by atoms with Crippen molar-refractivity contribution < 1.29 is 8.78 Å². The normalized spacial score (nSPS) is 15.8. The summed E-state index contributed by atoms with van der Waals surface area (Å²) < 4.78 is 27.7. The Bertz CT molecular complexity index is 749. The van der Waals surface area contributed by atoms with Crippen LogP contribution in [0.5, 0.6) is 0 Å². The molecular weight excluding hydrogens is 310 g/mol. The van der Waals surface area contributed by atoms with Gasteiger partial charge in [0.25, 0.3) is 0 Å². The third-order valence-corrected chi connectivity index (χ3v) is 3.98. The van der Waals surface area contributed by atoms with E-state index in [1.165, 1.54) is 12.1 Å². The number of fused-ring (bicyclic) bond motifs is 1. The Hall–Kier alpha value is -1.95. The number of anilines is 3. The largest absolute Gasteiger partial charge is 0.373 e. The summed E-state index contributed by atoms with van der Waals surface area (Å²) in [6.07, 6.45) is 0. The first-order valence-corrected chi connectivity index (χ1v) is 7.20. The van der Waals surface area contributed by atoms with Gasteiger partial charge >= 0.3 is 0 Å². The van der Waals surface area contributed by atoms with E-state index in [1.807, 2.05) is 13.8 Å². The van der Waals surface area contributed by atoms with Crippen LogP contribution in [0.15, 0.2) is 18.2 Å². The van der Waals surface area contributed by atoms with Gasteiger partial charge in [0.1, 0.15) is 11.6 Å².